The molecule has 1 radical (unpaired) electrons. The van der Waals surface area contributed by atoms with Crippen molar-refractivity contribution in [1.82, 2.24) is 9.97 Å². The smallest absolute Gasteiger partial charge is 0 e. The van der Waals surface area contributed by atoms with Gasteiger partial charge in [-0.15, -0.1) is 23.8 Å². The van der Waals surface area contributed by atoms with Crippen molar-refractivity contribution in [2.75, 3.05) is 0 Å². The summed E-state index contributed by atoms with van der Waals surface area (Å²) in [7, 11) is 0. The molecule has 0 N–H and O–H groups in total. The van der Waals surface area contributed by atoms with E-state index in [-0.39, 0.29) is 26.0 Å². The first-order valence-corrected chi connectivity index (χ1v) is 23.5. The Labute approximate surface area is 296 Å². The Morgan fingerprint density at radius 2 is 1.57 bits per heavy atom. The molecule has 3 aromatic heterocycles. The van der Waals surface area contributed by atoms with Gasteiger partial charge in [0.2, 0.25) is 0 Å². The molecule has 7 rings (SSSR count). The molecule has 0 saturated carbocycles. The molecule has 0 fully saturated rings. The van der Waals surface area contributed by atoms with E-state index in [0.717, 1.165) is 27.2 Å². The second-order valence-corrected chi connectivity index (χ2v) is 24.2. The monoisotopic (exact) mass is 859 g/mol. The van der Waals surface area contributed by atoms with Crippen molar-refractivity contribution < 1.29 is 22.8 Å². The summed E-state index contributed by atoms with van der Waals surface area (Å²) in [5, 5.41) is 2.41. The van der Waals surface area contributed by atoms with Gasteiger partial charge < -0.3 is 4.98 Å². The molecule has 0 aliphatic rings. The predicted molar refractivity (Wildman–Crippen MR) is 197 cm³/mol. The summed E-state index contributed by atoms with van der Waals surface area (Å²) in [5.74, 6) is 7.02. The zero-order valence-corrected chi connectivity index (χ0v) is 32.1. The molecule has 5 heteroatoms. The van der Waals surface area contributed by atoms with Gasteiger partial charge in [-0.05, 0) is 57.4 Å². The maximum absolute atomic E-state index is 8.47. The maximum Gasteiger partial charge on any atom is 0 e. The van der Waals surface area contributed by atoms with Crippen LogP contribution in [-0.4, -0.2) is 23.2 Å². The second-order valence-electron chi connectivity index (χ2n) is 12.5. The molecular formula is C41H38GeIrN2S-2. The van der Waals surface area contributed by atoms with Crippen LogP contribution in [0.25, 0.3) is 53.8 Å². The zero-order valence-electron chi connectivity index (χ0n) is 28.8. The van der Waals surface area contributed by atoms with Gasteiger partial charge in [-0.2, -0.15) is 11.3 Å². The fraction of sp³-hybridized carbons (Fsp3) is 0.171. The zero-order chi connectivity index (χ0) is 33.2. The van der Waals surface area contributed by atoms with Crippen LogP contribution in [0.1, 0.15) is 22.2 Å². The first-order valence-electron chi connectivity index (χ1n) is 16.4. The minimum atomic E-state index is -1.72. The third kappa shape index (κ3) is 7.93. The van der Waals surface area contributed by atoms with Gasteiger partial charge in [0, 0.05) is 33.7 Å². The molecule has 3 heterocycles. The molecule has 233 valence electrons. The molecule has 0 saturated heterocycles. The third-order valence-electron chi connectivity index (χ3n) is 7.62. The minimum Gasteiger partial charge on any atom is 0 e. The number of hydrogen-bond donors (Lipinski definition) is 0. The number of rotatable bonds is 6. The normalized spacial score (nSPS) is 12.2. The van der Waals surface area contributed by atoms with Gasteiger partial charge in [0.25, 0.3) is 0 Å². The van der Waals surface area contributed by atoms with Crippen molar-refractivity contribution in [2.45, 2.75) is 37.5 Å². The first kappa shape index (κ1) is 31.2. The second kappa shape index (κ2) is 15.0. The van der Waals surface area contributed by atoms with Gasteiger partial charge in [-0.1, -0.05) is 67.3 Å². The Bertz CT molecular complexity index is 2120. The van der Waals surface area contributed by atoms with E-state index >= 15 is 0 Å². The summed E-state index contributed by atoms with van der Waals surface area (Å²) >= 11 is 0.0258. The molecule has 0 aliphatic heterocycles. The van der Waals surface area contributed by atoms with E-state index in [1.165, 1.54) is 31.0 Å². The predicted octanol–water partition coefficient (Wildman–Crippen LogP) is 10.9. The van der Waals surface area contributed by atoms with E-state index in [4.69, 9.17) is 2.74 Å². The van der Waals surface area contributed by atoms with Crippen molar-refractivity contribution in [2.24, 2.45) is 5.92 Å². The Kier molecular flexibility index (Phi) is 10.2. The van der Waals surface area contributed by atoms with Crippen molar-refractivity contribution >= 4 is 49.2 Å². The van der Waals surface area contributed by atoms with Gasteiger partial charge in [0.15, 0.2) is 0 Å². The van der Waals surface area contributed by atoms with Crippen LogP contribution in [0.3, 0.4) is 0 Å². The van der Waals surface area contributed by atoms with E-state index in [9.17, 15) is 0 Å². The van der Waals surface area contributed by atoms with Crippen LogP contribution in [0, 0.1) is 18.1 Å². The van der Waals surface area contributed by atoms with Crippen molar-refractivity contribution in [3.63, 3.8) is 0 Å². The number of fused-ring (bicyclic) bond motifs is 3. The van der Waals surface area contributed by atoms with Crippen molar-refractivity contribution in [3.8, 4) is 33.6 Å². The number of aromatic nitrogens is 2. The topological polar surface area (TPSA) is 25.8 Å². The Balaban J connectivity index is 0.000000224. The molecule has 7 aromatic rings. The molecule has 0 bridgehead atoms. The van der Waals surface area contributed by atoms with Crippen LogP contribution in [0.5, 0.6) is 0 Å². The number of pyridine rings is 2. The van der Waals surface area contributed by atoms with Crippen molar-refractivity contribution in [1.29, 1.82) is 0 Å². The van der Waals surface area contributed by atoms with Gasteiger partial charge in [-0.3, -0.25) is 0 Å². The van der Waals surface area contributed by atoms with E-state index in [0.29, 0.717) is 5.56 Å². The van der Waals surface area contributed by atoms with Crippen LogP contribution >= 0.6 is 11.3 Å². The molecule has 0 atom stereocenters. The molecular weight excluding hydrogens is 817 g/mol. The molecule has 0 spiro atoms. The number of hydrogen-bond acceptors (Lipinski definition) is 3. The standard InChI is InChI=1S/C27H22NS.C14H16GeN.Ir/c1-18(2)15-19-13-14-28-25(16-19)23-10-6-9-22-24-17-21(20-7-4-3-5-8-20)11-12-26(24)29-27(22)23;1-15(2,3)13-9-10-14(16-11-13)12-7-5-4-6-8-12;/h3-9,11-14,16-18H,15H2,1-2H3;4-7,9-11H,1-3H3;/q2*-1;/i15D2;;. The van der Waals surface area contributed by atoms with Gasteiger partial charge in [0.1, 0.15) is 0 Å². The summed E-state index contributed by atoms with van der Waals surface area (Å²) in [5.41, 5.74) is 6.84. The van der Waals surface area contributed by atoms with E-state index in [2.05, 4.69) is 100 Å². The number of nitrogens with zero attached hydrogens (tertiary/aromatic N) is 2. The quantitative estimate of drug-likeness (QED) is 0.123. The first-order chi connectivity index (χ1) is 22.5. The number of thiophene rings is 1. The van der Waals surface area contributed by atoms with E-state index in [1.807, 2.05) is 62.5 Å². The minimum absolute atomic E-state index is 0. The average Bonchev–Trinajstić information content (AvgIpc) is 3.47. The van der Waals surface area contributed by atoms with Crippen LogP contribution in [0.15, 0.2) is 122 Å². The largest absolute Gasteiger partial charge is 0 e. The molecule has 46 heavy (non-hydrogen) atoms. The summed E-state index contributed by atoms with van der Waals surface area (Å²) in [6, 6.07) is 43.6. The third-order valence-corrected chi connectivity index (χ3v) is 13.1. The van der Waals surface area contributed by atoms with Crippen LogP contribution in [0.4, 0.5) is 0 Å². The Morgan fingerprint density at radius 1 is 0.761 bits per heavy atom. The molecule has 0 amide bonds. The molecule has 0 unspecified atom stereocenters. The van der Waals surface area contributed by atoms with Crippen LogP contribution in [0.2, 0.25) is 17.3 Å². The molecule has 2 nitrogen and oxygen atoms in total. The average molecular weight is 858 g/mol. The Morgan fingerprint density at radius 3 is 2.26 bits per heavy atom. The van der Waals surface area contributed by atoms with Crippen molar-refractivity contribution in [3.05, 3.63) is 139 Å². The molecule has 0 aliphatic carbocycles. The summed E-state index contributed by atoms with van der Waals surface area (Å²) in [4.78, 5) is 9.11. The number of benzene rings is 4. The van der Waals surface area contributed by atoms with E-state index < -0.39 is 19.6 Å². The van der Waals surface area contributed by atoms with Gasteiger partial charge in [-0.25, -0.2) is 0 Å². The summed E-state index contributed by atoms with van der Waals surface area (Å²) in [6.07, 6.45) is 2.34. The van der Waals surface area contributed by atoms with Crippen LogP contribution < -0.4 is 4.40 Å². The van der Waals surface area contributed by atoms with Gasteiger partial charge >= 0.3 is 99.8 Å². The fourth-order valence-electron chi connectivity index (χ4n) is 5.28. The van der Waals surface area contributed by atoms with Crippen LogP contribution in [-0.2, 0) is 26.5 Å². The van der Waals surface area contributed by atoms with E-state index in [1.54, 1.807) is 23.6 Å². The SMILES string of the molecule is [2H]C([2H])(c1ccnc(-c2[c-]ccc3c2sc2ccc(-c4ccccc4)cc23)c1)C(C)C.[CH3][Ge]([CH3])([CH3])[c]1ccc(-c2[c-]cccc2)nc1.[Ir]. The summed E-state index contributed by atoms with van der Waals surface area (Å²) < 4.78 is 20.7. The Hall–Kier alpha value is -3.41. The summed E-state index contributed by atoms with van der Waals surface area (Å²) in [6.45, 7) is 3.81. The fourth-order valence-corrected chi connectivity index (χ4v) is 8.64. The maximum atomic E-state index is 8.47. The van der Waals surface area contributed by atoms with Gasteiger partial charge in [0.05, 0.1) is 0 Å². The molecule has 4 aromatic carbocycles.